The van der Waals surface area contributed by atoms with Crippen LogP contribution in [-0.4, -0.2) is 23.7 Å². The minimum absolute atomic E-state index is 0.0105. The molecule has 0 aliphatic rings. The molecule has 0 fully saturated rings. The van der Waals surface area contributed by atoms with Gasteiger partial charge in [-0.25, -0.2) is 0 Å². The second-order valence-corrected chi connectivity index (χ2v) is 7.87. The second-order valence-electron chi connectivity index (χ2n) is 7.44. The van der Waals surface area contributed by atoms with Crippen molar-refractivity contribution in [1.29, 1.82) is 0 Å². The summed E-state index contributed by atoms with van der Waals surface area (Å²) in [5, 5.41) is 13.9. The number of amides is 1. The van der Waals surface area contributed by atoms with Gasteiger partial charge in [0.25, 0.3) is 0 Å². The van der Waals surface area contributed by atoms with Crippen LogP contribution in [0.3, 0.4) is 0 Å². The Balaban J connectivity index is 2.43. The lowest BCUT2D eigenvalue weighted by molar-refractivity contribution is -0.260. The molecular formula is C21H18ClF9N2O2. The lowest BCUT2D eigenvalue weighted by Gasteiger charge is -2.32. The normalized spacial score (nSPS) is 14.4. The summed E-state index contributed by atoms with van der Waals surface area (Å²) in [6.07, 6.45) is -15.6. The van der Waals surface area contributed by atoms with E-state index in [9.17, 15) is 49.4 Å². The Labute approximate surface area is 198 Å². The molecule has 4 nitrogen and oxygen atoms in total. The number of benzene rings is 2. The van der Waals surface area contributed by atoms with Gasteiger partial charge in [0.1, 0.15) is 0 Å². The van der Waals surface area contributed by atoms with Crippen LogP contribution < -0.4 is 10.6 Å². The smallest absolute Gasteiger partial charge is 0.381 e. The predicted molar refractivity (Wildman–Crippen MR) is 108 cm³/mol. The molecule has 0 bridgehead atoms. The quantitative estimate of drug-likeness (QED) is 0.366. The maximum absolute atomic E-state index is 13.8. The van der Waals surface area contributed by atoms with Crippen molar-refractivity contribution < 1.29 is 49.4 Å². The van der Waals surface area contributed by atoms with Crippen molar-refractivity contribution in [3.63, 3.8) is 0 Å². The Bertz CT molecular complexity index is 1070. The zero-order valence-corrected chi connectivity index (χ0v) is 18.5. The zero-order chi connectivity index (χ0) is 26.8. The zero-order valence-electron chi connectivity index (χ0n) is 17.7. The fraction of sp³-hybridized carbons (Fsp3) is 0.381. The third-order valence-corrected chi connectivity index (χ3v) is 5.15. The summed E-state index contributed by atoms with van der Waals surface area (Å²) in [6.45, 7) is -0.555. The van der Waals surface area contributed by atoms with Crippen molar-refractivity contribution in [3.05, 3.63) is 63.7 Å². The van der Waals surface area contributed by atoms with Gasteiger partial charge in [-0.05, 0) is 41.5 Å². The summed E-state index contributed by atoms with van der Waals surface area (Å²) in [5.41, 5.74) is -8.90. The first-order valence-corrected chi connectivity index (χ1v) is 10.1. The molecule has 0 spiro atoms. The van der Waals surface area contributed by atoms with Gasteiger partial charge in [0.15, 0.2) is 0 Å². The van der Waals surface area contributed by atoms with Gasteiger partial charge < -0.3 is 15.7 Å². The molecular weight excluding hydrogens is 519 g/mol. The molecule has 0 saturated heterocycles. The molecule has 14 heteroatoms. The number of rotatable bonds is 7. The van der Waals surface area contributed by atoms with Crippen LogP contribution in [0.5, 0.6) is 0 Å². The van der Waals surface area contributed by atoms with Gasteiger partial charge in [0.2, 0.25) is 11.5 Å². The summed E-state index contributed by atoms with van der Waals surface area (Å²) >= 11 is 5.53. The molecule has 0 unspecified atom stereocenters. The van der Waals surface area contributed by atoms with E-state index in [4.69, 9.17) is 11.6 Å². The molecule has 0 aromatic heterocycles. The van der Waals surface area contributed by atoms with Crippen molar-refractivity contribution in [2.24, 2.45) is 0 Å². The van der Waals surface area contributed by atoms with E-state index >= 15 is 0 Å². The van der Waals surface area contributed by atoms with Crippen molar-refractivity contribution in [2.75, 3.05) is 11.9 Å². The van der Waals surface area contributed by atoms with E-state index < -0.39 is 70.5 Å². The highest BCUT2D eigenvalue weighted by Crippen LogP contribution is 2.43. The third kappa shape index (κ3) is 6.94. The fourth-order valence-corrected chi connectivity index (χ4v) is 3.25. The average Bonchev–Trinajstić information content (AvgIpc) is 2.73. The van der Waals surface area contributed by atoms with Crippen molar-refractivity contribution in [2.45, 2.75) is 44.0 Å². The first-order chi connectivity index (χ1) is 15.9. The number of hydrogen-bond acceptors (Lipinski definition) is 3. The maximum Gasteiger partial charge on any atom is 0.423 e. The van der Waals surface area contributed by atoms with Gasteiger partial charge in [-0.3, -0.25) is 4.79 Å². The summed E-state index contributed by atoms with van der Waals surface area (Å²) in [6, 6.07) is 3.24. The van der Waals surface area contributed by atoms with Gasteiger partial charge in [-0.15, -0.1) is 0 Å². The van der Waals surface area contributed by atoms with Crippen LogP contribution in [0.1, 0.15) is 35.6 Å². The summed E-state index contributed by atoms with van der Waals surface area (Å²) in [5.74, 6) is -0.532. The Morgan fingerprint density at radius 2 is 1.51 bits per heavy atom. The lowest BCUT2D eigenvalue weighted by Crippen LogP contribution is -2.48. The molecule has 2 aromatic carbocycles. The first-order valence-electron chi connectivity index (χ1n) is 9.76. The third-order valence-electron chi connectivity index (χ3n) is 4.93. The fourth-order valence-electron chi connectivity index (χ4n) is 3.01. The molecule has 0 heterocycles. The van der Waals surface area contributed by atoms with Gasteiger partial charge in [0.05, 0.1) is 17.7 Å². The number of alkyl halides is 9. The van der Waals surface area contributed by atoms with Crippen LogP contribution in [-0.2, 0) is 29.3 Å². The monoisotopic (exact) mass is 536 g/mol. The van der Waals surface area contributed by atoms with Crippen LogP contribution >= 0.6 is 11.6 Å². The molecule has 194 valence electrons. The molecule has 0 radical (unpaired) electrons. The lowest BCUT2D eigenvalue weighted by atomic mass is 9.91. The number of carbonyl (C=O) groups excluding carboxylic acids is 1. The number of anilines is 1. The van der Waals surface area contributed by atoms with E-state index in [1.165, 1.54) is 6.92 Å². The van der Waals surface area contributed by atoms with E-state index in [2.05, 4.69) is 5.32 Å². The van der Waals surface area contributed by atoms with E-state index in [-0.39, 0.29) is 18.1 Å². The molecule has 0 aliphatic carbocycles. The largest absolute Gasteiger partial charge is 0.423 e. The first kappa shape index (κ1) is 28.6. The summed E-state index contributed by atoms with van der Waals surface area (Å²) < 4.78 is 121. The molecule has 1 amide bonds. The number of halogens is 10. The Kier molecular flexibility index (Phi) is 8.27. The van der Waals surface area contributed by atoms with Gasteiger partial charge in [0, 0.05) is 23.7 Å². The molecule has 3 N–H and O–H groups in total. The Hall–Kier alpha value is -2.67. The van der Waals surface area contributed by atoms with Crippen LogP contribution in [0.2, 0.25) is 5.02 Å². The van der Waals surface area contributed by atoms with Crippen LogP contribution in [0, 0.1) is 0 Å². The highest BCUT2D eigenvalue weighted by Gasteiger charge is 2.55. The van der Waals surface area contributed by atoms with Crippen molar-refractivity contribution in [1.82, 2.24) is 5.32 Å². The second kappa shape index (κ2) is 10.1. The Morgan fingerprint density at radius 1 is 0.914 bits per heavy atom. The summed E-state index contributed by atoms with van der Waals surface area (Å²) in [4.78, 5) is 11.3. The molecule has 2 aromatic rings. The molecule has 0 saturated carbocycles. The van der Waals surface area contributed by atoms with Crippen molar-refractivity contribution in [3.8, 4) is 0 Å². The van der Waals surface area contributed by atoms with E-state index in [1.54, 1.807) is 0 Å². The summed E-state index contributed by atoms with van der Waals surface area (Å²) in [7, 11) is 0. The number of aliphatic hydroxyl groups is 1. The van der Waals surface area contributed by atoms with Crippen LogP contribution in [0.4, 0.5) is 45.2 Å². The average molecular weight is 537 g/mol. The highest BCUT2D eigenvalue weighted by atomic mass is 35.5. The highest BCUT2D eigenvalue weighted by molar-refractivity contribution is 6.30. The van der Waals surface area contributed by atoms with E-state index in [0.717, 1.165) is 12.1 Å². The van der Waals surface area contributed by atoms with Crippen LogP contribution in [0.25, 0.3) is 0 Å². The van der Waals surface area contributed by atoms with Gasteiger partial charge >= 0.3 is 18.5 Å². The van der Waals surface area contributed by atoms with Crippen LogP contribution in [0.15, 0.2) is 36.4 Å². The van der Waals surface area contributed by atoms with Gasteiger partial charge in [-0.2, -0.15) is 39.5 Å². The molecule has 1 atom stereocenters. The molecule has 0 aliphatic heterocycles. The topological polar surface area (TPSA) is 61.4 Å². The number of hydrogen-bond donors (Lipinski definition) is 3. The molecule has 35 heavy (non-hydrogen) atoms. The van der Waals surface area contributed by atoms with E-state index in [1.807, 2.05) is 5.32 Å². The van der Waals surface area contributed by atoms with Gasteiger partial charge in [-0.1, -0.05) is 24.6 Å². The standard InChI is InChI=1S/C21H18ClF9N2O2/c1-2-17(34)32-9-11-3-4-15(8-16(11)20(26,27)28)33-10-18(35,21(29,30)31)12-5-13(19(23,24)25)7-14(22)6-12/h3-8,33,35H,2,9-10H2,1H3,(H,32,34)/t18-/m1/s1. The predicted octanol–water partition coefficient (Wildman–Crippen LogP) is 6.27. The minimum Gasteiger partial charge on any atom is -0.381 e. The van der Waals surface area contributed by atoms with Crippen molar-refractivity contribution >= 4 is 23.2 Å². The number of nitrogens with one attached hydrogen (secondary N) is 2. The maximum atomic E-state index is 13.8. The Morgan fingerprint density at radius 3 is 2.03 bits per heavy atom. The minimum atomic E-state index is -5.54. The SMILES string of the molecule is CCC(=O)NCc1ccc(NC[C@@](O)(c2cc(Cl)cc(C(F)(F)F)c2)C(F)(F)F)cc1C(F)(F)F. The number of carbonyl (C=O) groups is 1. The molecule has 2 rings (SSSR count). The van der Waals surface area contributed by atoms with E-state index in [0.29, 0.717) is 18.2 Å².